The van der Waals surface area contributed by atoms with Crippen molar-refractivity contribution < 1.29 is 0 Å². The second-order valence-electron chi connectivity index (χ2n) is 4.38. The summed E-state index contributed by atoms with van der Waals surface area (Å²) in [4.78, 5) is 3.52. The Bertz CT molecular complexity index is 710. The summed E-state index contributed by atoms with van der Waals surface area (Å²) < 4.78 is 0. The first-order valence-corrected chi connectivity index (χ1v) is 7.41. The van der Waals surface area contributed by atoms with Crippen LogP contribution in [0.5, 0.6) is 0 Å². The summed E-state index contributed by atoms with van der Waals surface area (Å²) in [6.45, 7) is 0. The van der Waals surface area contributed by atoms with Gasteiger partial charge in [-0.05, 0) is 11.6 Å². The lowest BCUT2D eigenvalue weighted by Gasteiger charge is -2.00. The van der Waals surface area contributed by atoms with Crippen LogP contribution < -0.4 is 0 Å². The fraction of sp³-hybridized carbons (Fsp3) is 0.0588. The van der Waals surface area contributed by atoms with Crippen molar-refractivity contribution in [1.29, 1.82) is 0 Å². The maximum absolute atomic E-state index is 3.52. The van der Waals surface area contributed by atoms with Gasteiger partial charge in [-0.25, -0.2) is 0 Å². The monoisotopic (exact) mass is 311 g/mol. The SMILES string of the molecule is BrCC=Cc1c(-c2ccccc2)[nH]c2ccccc12. The van der Waals surface area contributed by atoms with Gasteiger partial charge in [0.2, 0.25) is 0 Å². The smallest absolute Gasteiger partial charge is 0.0538 e. The van der Waals surface area contributed by atoms with E-state index < -0.39 is 0 Å². The molecule has 1 aromatic heterocycles. The van der Waals surface area contributed by atoms with Crippen molar-refractivity contribution in [2.45, 2.75) is 0 Å². The molecule has 1 nitrogen and oxygen atoms in total. The standard InChI is InChI=1S/C17H14BrN/c18-12-6-10-15-14-9-4-5-11-16(14)19-17(15)13-7-2-1-3-8-13/h1-11,19H,12H2. The molecule has 0 spiro atoms. The number of aromatic nitrogens is 1. The first-order valence-electron chi connectivity index (χ1n) is 6.29. The summed E-state index contributed by atoms with van der Waals surface area (Å²) in [6.07, 6.45) is 4.30. The molecule has 3 rings (SSSR count). The lowest BCUT2D eigenvalue weighted by Crippen LogP contribution is -1.80. The number of hydrogen-bond donors (Lipinski definition) is 1. The number of H-pyrrole nitrogens is 1. The molecule has 0 amide bonds. The first kappa shape index (κ1) is 12.2. The number of rotatable bonds is 3. The fourth-order valence-electron chi connectivity index (χ4n) is 2.33. The Hall–Kier alpha value is -1.80. The van der Waals surface area contributed by atoms with Crippen molar-refractivity contribution in [3.05, 3.63) is 66.2 Å². The molecule has 0 unspecified atom stereocenters. The average molecular weight is 312 g/mol. The first-order chi connectivity index (χ1) is 9.40. The lowest BCUT2D eigenvalue weighted by molar-refractivity contribution is 1.45. The molecule has 0 radical (unpaired) electrons. The van der Waals surface area contributed by atoms with Crippen LogP contribution in [0.4, 0.5) is 0 Å². The number of allylic oxidation sites excluding steroid dienone is 1. The van der Waals surface area contributed by atoms with E-state index in [4.69, 9.17) is 0 Å². The molecule has 0 fully saturated rings. The Morgan fingerprint density at radius 2 is 1.68 bits per heavy atom. The van der Waals surface area contributed by atoms with Gasteiger partial charge in [0.05, 0.1) is 5.69 Å². The number of halogens is 1. The van der Waals surface area contributed by atoms with E-state index >= 15 is 0 Å². The number of hydrogen-bond acceptors (Lipinski definition) is 0. The zero-order chi connectivity index (χ0) is 13.1. The number of fused-ring (bicyclic) bond motifs is 1. The Morgan fingerprint density at radius 3 is 2.47 bits per heavy atom. The maximum Gasteiger partial charge on any atom is 0.0538 e. The quantitative estimate of drug-likeness (QED) is 0.636. The van der Waals surface area contributed by atoms with E-state index in [1.54, 1.807) is 0 Å². The minimum Gasteiger partial charge on any atom is -0.354 e. The van der Waals surface area contributed by atoms with E-state index in [0.717, 1.165) is 5.33 Å². The van der Waals surface area contributed by atoms with Gasteiger partial charge in [0.15, 0.2) is 0 Å². The molecule has 0 saturated carbocycles. The molecule has 1 N–H and O–H groups in total. The number of aromatic amines is 1. The molecule has 2 aromatic carbocycles. The molecule has 19 heavy (non-hydrogen) atoms. The highest BCUT2D eigenvalue weighted by Crippen LogP contribution is 2.31. The predicted molar refractivity (Wildman–Crippen MR) is 86.6 cm³/mol. The van der Waals surface area contributed by atoms with Gasteiger partial charge in [0.25, 0.3) is 0 Å². The van der Waals surface area contributed by atoms with Gasteiger partial charge >= 0.3 is 0 Å². The van der Waals surface area contributed by atoms with Crippen LogP contribution in [0, 0.1) is 0 Å². The third-order valence-electron chi connectivity index (χ3n) is 3.18. The summed E-state index contributed by atoms with van der Waals surface area (Å²) >= 11 is 3.44. The van der Waals surface area contributed by atoms with Crippen molar-refractivity contribution in [2.75, 3.05) is 5.33 Å². The fourth-order valence-corrected chi connectivity index (χ4v) is 2.52. The summed E-state index contributed by atoms with van der Waals surface area (Å²) in [5.41, 5.74) is 4.82. The Labute approximate surface area is 121 Å². The van der Waals surface area contributed by atoms with Crippen molar-refractivity contribution in [3.63, 3.8) is 0 Å². The highest BCUT2D eigenvalue weighted by atomic mass is 79.9. The highest BCUT2D eigenvalue weighted by Gasteiger charge is 2.09. The molecule has 0 atom stereocenters. The maximum atomic E-state index is 3.52. The Morgan fingerprint density at radius 1 is 0.947 bits per heavy atom. The van der Waals surface area contributed by atoms with Gasteiger partial charge in [0.1, 0.15) is 0 Å². The molecular formula is C17H14BrN. The molecule has 2 heteroatoms. The molecule has 0 aliphatic carbocycles. The van der Waals surface area contributed by atoms with Gasteiger partial charge in [-0.1, -0.05) is 76.6 Å². The Balaban J connectivity index is 2.26. The third kappa shape index (κ3) is 2.36. The largest absolute Gasteiger partial charge is 0.354 e. The summed E-state index contributed by atoms with van der Waals surface area (Å²) in [5.74, 6) is 0. The van der Waals surface area contributed by atoms with Crippen molar-refractivity contribution in [3.8, 4) is 11.3 Å². The summed E-state index contributed by atoms with van der Waals surface area (Å²) in [5, 5.41) is 2.12. The number of para-hydroxylation sites is 1. The number of benzene rings is 2. The molecule has 0 bridgehead atoms. The second-order valence-corrected chi connectivity index (χ2v) is 5.03. The molecule has 0 aliphatic rings. The number of nitrogens with one attached hydrogen (secondary N) is 1. The van der Waals surface area contributed by atoms with Crippen LogP contribution in [0.15, 0.2) is 60.7 Å². The van der Waals surface area contributed by atoms with Crippen LogP contribution in [0.3, 0.4) is 0 Å². The van der Waals surface area contributed by atoms with Crippen molar-refractivity contribution >= 4 is 32.9 Å². The van der Waals surface area contributed by atoms with Crippen LogP contribution in [0.2, 0.25) is 0 Å². The molecule has 0 saturated heterocycles. The van der Waals surface area contributed by atoms with E-state index in [-0.39, 0.29) is 0 Å². The van der Waals surface area contributed by atoms with Crippen LogP contribution in [0.25, 0.3) is 28.2 Å². The average Bonchev–Trinajstić information content (AvgIpc) is 2.85. The third-order valence-corrected chi connectivity index (χ3v) is 3.56. The van der Waals surface area contributed by atoms with Gasteiger partial charge < -0.3 is 4.98 Å². The lowest BCUT2D eigenvalue weighted by atomic mass is 10.0. The topological polar surface area (TPSA) is 15.8 Å². The van der Waals surface area contributed by atoms with E-state index in [1.807, 2.05) is 6.07 Å². The van der Waals surface area contributed by atoms with Crippen molar-refractivity contribution in [1.82, 2.24) is 4.98 Å². The van der Waals surface area contributed by atoms with E-state index in [9.17, 15) is 0 Å². The van der Waals surface area contributed by atoms with Gasteiger partial charge in [-0.2, -0.15) is 0 Å². The molecule has 1 heterocycles. The minimum absolute atomic E-state index is 0.862. The minimum atomic E-state index is 0.862. The van der Waals surface area contributed by atoms with E-state index in [1.165, 1.54) is 27.7 Å². The van der Waals surface area contributed by atoms with Gasteiger partial charge in [-0.3, -0.25) is 0 Å². The van der Waals surface area contributed by atoms with Crippen LogP contribution in [0.1, 0.15) is 5.56 Å². The van der Waals surface area contributed by atoms with E-state index in [2.05, 4.69) is 81.6 Å². The highest BCUT2D eigenvalue weighted by molar-refractivity contribution is 9.09. The normalized spacial score (nSPS) is 11.4. The van der Waals surface area contributed by atoms with Crippen LogP contribution in [-0.2, 0) is 0 Å². The molecule has 3 aromatic rings. The molecule has 0 aliphatic heterocycles. The van der Waals surface area contributed by atoms with Crippen molar-refractivity contribution in [2.24, 2.45) is 0 Å². The zero-order valence-corrected chi connectivity index (χ0v) is 12.0. The predicted octanol–water partition coefficient (Wildman–Crippen LogP) is 5.24. The van der Waals surface area contributed by atoms with E-state index in [0.29, 0.717) is 0 Å². The van der Waals surface area contributed by atoms with Gasteiger partial charge in [0, 0.05) is 21.8 Å². The Kier molecular flexibility index (Phi) is 3.51. The molecule has 94 valence electrons. The zero-order valence-electron chi connectivity index (χ0n) is 10.4. The summed E-state index contributed by atoms with van der Waals surface area (Å²) in [6, 6.07) is 18.9. The molecular weight excluding hydrogens is 298 g/mol. The van der Waals surface area contributed by atoms with Crippen LogP contribution in [-0.4, -0.2) is 10.3 Å². The second kappa shape index (κ2) is 5.45. The van der Waals surface area contributed by atoms with Crippen LogP contribution >= 0.6 is 15.9 Å². The summed E-state index contributed by atoms with van der Waals surface area (Å²) in [7, 11) is 0. The van der Waals surface area contributed by atoms with Gasteiger partial charge in [-0.15, -0.1) is 0 Å². The number of alkyl halides is 1.